The highest BCUT2D eigenvalue weighted by molar-refractivity contribution is 5.77. The predicted molar refractivity (Wildman–Crippen MR) is 87.2 cm³/mol. The van der Waals surface area contributed by atoms with E-state index in [0.29, 0.717) is 6.42 Å². The fourth-order valence-corrected chi connectivity index (χ4v) is 2.89. The van der Waals surface area contributed by atoms with E-state index in [4.69, 9.17) is 4.74 Å². The molecule has 1 aromatic rings. The van der Waals surface area contributed by atoms with Crippen molar-refractivity contribution in [1.82, 2.24) is 15.2 Å². The molecule has 1 amide bonds. The molecule has 1 aliphatic rings. The molecule has 0 aromatic carbocycles. The lowest BCUT2D eigenvalue weighted by atomic mass is 10.1. The number of halogens is 3. The van der Waals surface area contributed by atoms with Crippen LogP contribution in [0.3, 0.4) is 0 Å². The summed E-state index contributed by atoms with van der Waals surface area (Å²) in [5, 5.41) is 2.83. The summed E-state index contributed by atoms with van der Waals surface area (Å²) in [5.41, 5.74) is -1.74. The van der Waals surface area contributed by atoms with E-state index in [0.717, 1.165) is 25.5 Å². The van der Waals surface area contributed by atoms with Gasteiger partial charge >= 0.3 is 6.18 Å². The summed E-state index contributed by atoms with van der Waals surface area (Å²) < 4.78 is 44.1. The highest BCUT2D eigenvalue weighted by atomic mass is 19.4. The second kappa shape index (κ2) is 7.59. The van der Waals surface area contributed by atoms with Gasteiger partial charge in [0, 0.05) is 18.7 Å². The number of rotatable bonds is 6. The summed E-state index contributed by atoms with van der Waals surface area (Å²) >= 11 is 0. The molecule has 0 saturated carbocycles. The van der Waals surface area contributed by atoms with E-state index in [9.17, 15) is 18.0 Å². The maximum atomic E-state index is 12.9. The molecule has 1 aromatic heterocycles. The number of hydrogen-bond donors (Lipinski definition) is 1. The van der Waals surface area contributed by atoms with Crippen molar-refractivity contribution in [1.29, 1.82) is 0 Å². The molecule has 0 bridgehead atoms. The summed E-state index contributed by atoms with van der Waals surface area (Å²) in [4.78, 5) is 18.0. The summed E-state index contributed by atoms with van der Waals surface area (Å²) in [6.45, 7) is 4.28. The van der Waals surface area contributed by atoms with Gasteiger partial charge in [-0.25, -0.2) is 4.98 Å². The van der Waals surface area contributed by atoms with Crippen molar-refractivity contribution in [2.75, 3.05) is 20.2 Å². The van der Waals surface area contributed by atoms with Crippen LogP contribution >= 0.6 is 0 Å². The van der Waals surface area contributed by atoms with E-state index in [1.54, 1.807) is 13.8 Å². The van der Waals surface area contributed by atoms with Gasteiger partial charge in [-0.2, -0.15) is 13.2 Å². The van der Waals surface area contributed by atoms with Gasteiger partial charge in [0.15, 0.2) is 0 Å². The molecule has 1 saturated heterocycles. The highest BCUT2D eigenvalue weighted by Crippen LogP contribution is 2.34. The van der Waals surface area contributed by atoms with Crippen molar-refractivity contribution in [3.63, 3.8) is 0 Å². The Balaban J connectivity index is 1.92. The summed E-state index contributed by atoms with van der Waals surface area (Å²) in [7, 11) is 1.99. The van der Waals surface area contributed by atoms with Crippen LogP contribution in [0.25, 0.3) is 0 Å². The Labute approximate surface area is 145 Å². The first-order valence-electron chi connectivity index (χ1n) is 8.25. The van der Waals surface area contributed by atoms with E-state index in [1.807, 2.05) is 7.05 Å². The molecule has 1 unspecified atom stereocenters. The molecule has 0 aliphatic carbocycles. The molecule has 25 heavy (non-hydrogen) atoms. The number of alkyl halides is 3. The van der Waals surface area contributed by atoms with Crippen LogP contribution in [-0.2, 0) is 11.0 Å². The van der Waals surface area contributed by atoms with Gasteiger partial charge in [-0.05, 0) is 52.4 Å². The number of amides is 1. The smallest absolute Gasteiger partial charge is 0.421 e. The molecule has 1 aliphatic heterocycles. The highest BCUT2D eigenvalue weighted by Gasteiger charge is 2.35. The summed E-state index contributed by atoms with van der Waals surface area (Å²) in [6.07, 6.45) is -0.877. The molecule has 0 spiro atoms. The zero-order chi connectivity index (χ0) is 18.7. The molecule has 5 nitrogen and oxygen atoms in total. The quantitative estimate of drug-likeness (QED) is 0.849. The van der Waals surface area contributed by atoms with Gasteiger partial charge in [0.25, 0.3) is 0 Å². The lowest BCUT2D eigenvalue weighted by Crippen LogP contribution is -2.49. The largest absolute Gasteiger partial charge is 0.475 e. The monoisotopic (exact) mass is 359 g/mol. The number of nitrogens with zero attached hydrogens (tertiary/aromatic N) is 2. The number of nitrogens with one attached hydrogen (secondary N) is 1. The minimum atomic E-state index is -4.54. The van der Waals surface area contributed by atoms with Crippen LogP contribution in [0.1, 0.15) is 38.7 Å². The van der Waals surface area contributed by atoms with Crippen molar-refractivity contribution in [3.05, 3.63) is 23.9 Å². The van der Waals surface area contributed by atoms with Gasteiger partial charge in [-0.3, -0.25) is 4.79 Å². The average molecular weight is 359 g/mol. The number of carbonyl (C=O) groups excluding carboxylic acids is 1. The first kappa shape index (κ1) is 19.5. The second-order valence-corrected chi connectivity index (χ2v) is 7.06. The van der Waals surface area contributed by atoms with Crippen LogP contribution in [-0.4, -0.2) is 47.6 Å². The third-order valence-corrected chi connectivity index (χ3v) is 4.22. The molecular weight excluding hydrogens is 335 g/mol. The van der Waals surface area contributed by atoms with Crippen molar-refractivity contribution in [3.8, 4) is 5.88 Å². The van der Waals surface area contributed by atoms with E-state index < -0.39 is 23.2 Å². The molecule has 140 valence electrons. The van der Waals surface area contributed by atoms with Crippen molar-refractivity contribution in [2.24, 2.45) is 0 Å². The Hall–Kier alpha value is -1.83. The minimum absolute atomic E-state index is 0.112. The van der Waals surface area contributed by atoms with Crippen molar-refractivity contribution >= 4 is 5.91 Å². The zero-order valence-corrected chi connectivity index (χ0v) is 14.7. The number of likely N-dealkylation sites (tertiary alicyclic amines) is 1. The fourth-order valence-electron chi connectivity index (χ4n) is 2.89. The lowest BCUT2D eigenvalue weighted by Gasteiger charge is -2.28. The number of ether oxygens (including phenoxy) is 1. The van der Waals surface area contributed by atoms with Crippen LogP contribution in [0.15, 0.2) is 18.3 Å². The summed E-state index contributed by atoms with van der Waals surface area (Å²) in [5.74, 6) is -0.614. The maximum absolute atomic E-state index is 12.9. The Morgan fingerprint density at radius 1 is 1.44 bits per heavy atom. The summed E-state index contributed by atoms with van der Waals surface area (Å²) in [6, 6.07) is 2.34. The molecule has 2 heterocycles. The van der Waals surface area contributed by atoms with E-state index in [-0.39, 0.29) is 18.6 Å². The molecule has 1 fully saturated rings. The van der Waals surface area contributed by atoms with Gasteiger partial charge in [-0.15, -0.1) is 0 Å². The molecular formula is C17H24F3N3O2. The van der Waals surface area contributed by atoms with Crippen molar-refractivity contribution in [2.45, 2.75) is 50.9 Å². The normalized spacial score (nSPS) is 19.0. The van der Waals surface area contributed by atoms with Crippen LogP contribution in [0.2, 0.25) is 0 Å². The first-order chi connectivity index (χ1) is 11.6. The van der Waals surface area contributed by atoms with Crippen LogP contribution in [0, 0.1) is 0 Å². The van der Waals surface area contributed by atoms with Gasteiger partial charge in [0.05, 0.1) is 5.54 Å². The SMILES string of the molecule is CN1CCCC1CC(=O)NC(C)(C)COc1ncccc1C(F)(F)F. The third kappa shape index (κ3) is 5.59. The number of aromatic nitrogens is 1. The zero-order valence-electron chi connectivity index (χ0n) is 14.7. The first-order valence-corrected chi connectivity index (χ1v) is 8.25. The van der Waals surface area contributed by atoms with Crippen molar-refractivity contribution < 1.29 is 22.7 Å². The van der Waals surface area contributed by atoms with Gasteiger partial charge in [-0.1, -0.05) is 0 Å². The average Bonchev–Trinajstić information content (AvgIpc) is 2.89. The number of pyridine rings is 1. The fraction of sp³-hybridized carbons (Fsp3) is 0.647. The Kier molecular flexibility index (Phi) is 5.92. The number of hydrogen-bond acceptors (Lipinski definition) is 4. The van der Waals surface area contributed by atoms with Crippen LogP contribution < -0.4 is 10.1 Å². The molecule has 0 radical (unpaired) electrons. The molecule has 8 heteroatoms. The van der Waals surface area contributed by atoms with Gasteiger partial charge in [0.1, 0.15) is 12.2 Å². The molecule has 1 N–H and O–H groups in total. The van der Waals surface area contributed by atoms with Gasteiger partial charge in [0.2, 0.25) is 11.8 Å². The van der Waals surface area contributed by atoms with Crippen LogP contribution in [0.4, 0.5) is 13.2 Å². The maximum Gasteiger partial charge on any atom is 0.421 e. The molecule has 2 rings (SSSR count). The Bertz CT molecular complexity index is 605. The predicted octanol–water partition coefficient (Wildman–Crippen LogP) is 2.86. The van der Waals surface area contributed by atoms with Crippen LogP contribution in [0.5, 0.6) is 5.88 Å². The van der Waals surface area contributed by atoms with Gasteiger partial charge < -0.3 is 15.0 Å². The van der Waals surface area contributed by atoms with E-state index in [2.05, 4.69) is 15.2 Å². The van der Waals surface area contributed by atoms with E-state index >= 15 is 0 Å². The third-order valence-electron chi connectivity index (χ3n) is 4.22. The topological polar surface area (TPSA) is 54.5 Å². The Morgan fingerprint density at radius 3 is 2.76 bits per heavy atom. The number of carbonyl (C=O) groups is 1. The standard InChI is InChI=1S/C17H24F3N3O2/c1-16(2,22-14(24)10-12-6-5-9-23(12)3)11-25-15-13(17(18,19)20)7-4-8-21-15/h4,7-8,12H,5-6,9-11H2,1-3H3,(H,22,24). The second-order valence-electron chi connectivity index (χ2n) is 7.06. The van der Waals surface area contributed by atoms with E-state index in [1.165, 1.54) is 12.3 Å². The lowest BCUT2D eigenvalue weighted by molar-refractivity contribution is -0.139. The molecule has 1 atom stereocenters. The Morgan fingerprint density at radius 2 is 2.16 bits per heavy atom. The minimum Gasteiger partial charge on any atom is -0.475 e.